The van der Waals surface area contributed by atoms with Crippen molar-refractivity contribution in [2.75, 3.05) is 27.3 Å². The Morgan fingerprint density at radius 3 is 2.58 bits per heavy atom. The molecule has 0 atom stereocenters. The summed E-state index contributed by atoms with van der Waals surface area (Å²) in [5, 5.41) is 0. The van der Waals surface area contributed by atoms with E-state index in [9.17, 15) is 4.79 Å². The van der Waals surface area contributed by atoms with Crippen molar-refractivity contribution in [2.45, 2.75) is 13.5 Å². The van der Waals surface area contributed by atoms with Gasteiger partial charge in [-0.05, 0) is 31.7 Å². The summed E-state index contributed by atoms with van der Waals surface area (Å²) in [5.41, 5.74) is 1.20. The molecule has 0 saturated carbocycles. The van der Waals surface area contributed by atoms with E-state index < -0.39 is 0 Å². The third kappa shape index (κ3) is 6.06. The minimum Gasteiger partial charge on any atom is -0.497 e. The zero-order valence-corrected chi connectivity index (χ0v) is 11.8. The van der Waals surface area contributed by atoms with Crippen LogP contribution < -0.4 is 4.74 Å². The fourth-order valence-corrected chi connectivity index (χ4v) is 1.63. The number of rotatable bonds is 7. The summed E-state index contributed by atoms with van der Waals surface area (Å²) in [6, 6.07) is 7.95. The van der Waals surface area contributed by atoms with Crippen molar-refractivity contribution in [3.05, 3.63) is 42.0 Å². The Hall–Kier alpha value is -1.81. The zero-order chi connectivity index (χ0) is 14.1. The molecule has 1 rings (SSSR count). The monoisotopic (exact) mass is 263 g/mol. The number of ether oxygens (including phenoxy) is 2. The highest BCUT2D eigenvalue weighted by Crippen LogP contribution is 2.12. The molecule has 0 unspecified atom stereocenters. The Morgan fingerprint density at radius 2 is 2.00 bits per heavy atom. The maximum atomic E-state index is 11.1. The van der Waals surface area contributed by atoms with Gasteiger partial charge in [0.1, 0.15) is 5.75 Å². The Kier molecular flexibility index (Phi) is 6.68. The normalized spacial score (nSPS) is 10.9. The lowest BCUT2D eigenvalue weighted by Gasteiger charge is -2.14. The van der Waals surface area contributed by atoms with Crippen molar-refractivity contribution in [2.24, 2.45) is 0 Å². The molecule has 0 heterocycles. The number of likely N-dealkylation sites (N-methyl/N-ethyl adjacent to an activating group) is 1. The van der Waals surface area contributed by atoms with Crippen LogP contribution in [0.5, 0.6) is 5.75 Å². The second-order valence-corrected chi connectivity index (χ2v) is 4.20. The first-order valence-corrected chi connectivity index (χ1v) is 6.30. The molecule has 4 heteroatoms. The van der Waals surface area contributed by atoms with Gasteiger partial charge in [0.2, 0.25) is 0 Å². The van der Waals surface area contributed by atoms with Crippen LogP contribution in [0.1, 0.15) is 12.5 Å². The molecule has 1 aromatic carbocycles. The third-order valence-corrected chi connectivity index (χ3v) is 2.57. The molecule has 4 nitrogen and oxygen atoms in total. The van der Waals surface area contributed by atoms with Crippen LogP contribution in [0.15, 0.2) is 36.4 Å². The van der Waals surface area contributed by atoms with Crippen molar-refractivity contribution < 1.29 is 14.3 Å². The molecule has 0 bridgehead atoms. The topological polar surface area (TPSA) is 38.8 Å². The van der Waals surface area contributed by atoms with Gasteiger partial charge in [0.15, 0.2) is 0 Å². The molecule has 0 aliphatic rings. The van der Waals surface area contributed by atoms with Gasteiger partial charge < -0.3 is 9.47 Å². The van der Waals surface area contributed by atoms with Crippen LogP contribution in [0.25, 0.3) is 0 Å². The minimum absolute atomic E-state index is 0.291. The molecule has 0 spiro atoms. The van der Waals surface area contributed by atoms with Gasteiger partial charge in [-0.1, -0.05) is 18.2 Å². The Labute approximate surface area is 114 Å². The molecule has 0 aliphatic heterocycles. The lowest BCUT2D eigenvalue weighted by Crippen LogP contribution is -2.17. The lowest BCUT2D eigenvalue weighted by atomic mass is 10.2. The maximum Gasteiger partial charge on any atom is 0.330 e. The van der Waals surface area contributed by atoms with Crippen LogP contribution in [0, 0.1) is 0 Å². The van der Waals surface area contributed by atoms with Gasteiger partial charge in [-0.15, -0.1) is 0 Å². The van der Waals surface area contributed by atoms with E-state index in [-0.39, 0.29) is 5.97 Å². The van der Waals surface area contributed by atoms with Crippen molar-refractivity contribution in [3.8, 4) is 5.75 Å². The van der Waals surface area contributed by atoms with E-state index in [4.69, 9.17) is 9.47 Å². The number of benzene rings is 1. The summed E-state index contributed by atoms with van der Waals surface area (Å²) in [7, 11) is 3.65. The van der Waals surface area contributed by atoms with Crippen molar-refractivity contribution in [1.29, 1.82) is 0 Å². The number of hydrogen-bond donors (Lipinski definition) is 0. The second-order valence-electron chi connectivity index (χ2n) is 4.20. The molecular weight excluding hydrogens is 242 g/mol. The van der Waals surface area contributed by atoms with Gasteiger partial charge in [0.05, 0.1) is 13.7 Å². The van der Waals surface area contributed by atoms with Crippen LogP contribution in [0.3, 0.4) is 0 Å². The smallest absolute Gasteiger partial charge is 0.330 e. The molecule has 0 aromatic heterocycles. The molecular formula is C15H21NO3. The number of carbonyl (C=O) groups is 1. The predicted molar refractivity (Wildman–Crippen MR) is 75.1 cm³/mol. The minimum atomic E-state index is -0.291. The van der Waals surface area contributed by atoms with E-state index >= 15 is 0 Å². The van der Waals surface area contributed by atoms with E-state index in [2.05, 4.69) is 4.90 Å². The van der Waals surface area contributed by atoms with Gasteiger partial charge >= 0.3 is 5.97 Å². The molecule has 1 aromatic rings. The molecule has 0 saturated heterocycles. The second kappa shape index (κ2) is 8.32. The van der Waals surface area contributed by atoms with Gasteiger partial charge in [-0.2, -0.15) is 0 Å². The molecule has 19 heavy (non-hydrogen) atoms. The summed E-state index contributed by atoms with van der Waals surface area (Å²) >= 11 is 0. The molecule has 104 valence electrons. The quantitative estimate of drug-likeness (QED) is 0.558. The van der Waals surface area contributed by atoms with Crippen LogP contribution in [0.4, 0.5) is 0 Å². The maximum absolute atomic E-state index is 11.1. The van der Waals surface area contributed by atoms with Crippen molar-refractivity contribution >= 4 is 5.97 Å². The van der Waals surface area contributed by atoms with Crippen LogP contribution in [-0.4, -0.2) is 38.2 Å². The summed E-state index contributed by atoms with van der Waals surface area (Å²) in [6.07, 6.45) is 3.27. The van der Waals surface area contributed by atoms with Crippen LogP contribution >= 0.6 is 0 Å². The van der Waals surface area contributed by atoms with Crippen molar-refractivity contribution in [1.82, 2.24) is 4.90 Å². The first-order valence-electron chi connectivity index (χ1n) is 6.30. The number of esters is 1. The van der Waals surface area contributed by atoms with E-state index in [1.807, 2.05) is 37.4 Å². The highest BCUT2D eigenvalue weighted by Gasteiger charge is 2.00. The fraction of sp³-hybridized carbons (Fsp3) is 0.400. The van der Waals surface area contributed by atoms with Gasteiger partial charge in [-0.25, -0.2) is 4.79 Å². The SMILES string of the molecule is CCOC(=O)/C=C/CN(C)Cc1ccc(OC)cc1. The fourth-order valence-electron chi connectivity index (χ4n) is 1.63. The molecule has 0 N–H and O–H groups in total. The van der Waals surface area contributed by atoms with E-state index in [1.54, 1.807) is 14.0 Å². The summed E-state index contributed by atoms with van der Waals surface area (Å²) < 4.78 is 9.92. The average Bonchev–Trinajstić information content (AvgIpc) is 2.40. The van der Waals surface area contributed by atoms with E-state index in [0.29, 0.717) is 13.2 Å². The molecule has 0 radical (unpaired) electrons. The summed E-state index contributed by atoms with van der Waals surface area (Å²) in [5.74, 6) is 0.564. The Balaban J connectivity index is 2.37. The van der Waals surface area contributed by atoms with E-state index in [0.717, 1.165) is 12.3 Å². The van der Waals surface area contributed by atoms with Crippen LogP contribution in [-0.2, 0) is 16.1 Å². The van der Waals surface area contributed by atoms with Gasteiger partial charge in [0, 0.05) is 19.2 Å². The number of hydrogen-bond acceptors (Lipinski definition) is 4. The molecule has 0 amide bonds. The first kappa shape index (κ1) is 15.2. The Bertz CT molecular complexity index is 412. The highest BCUT2D eigenvalue weighted by molar-refractivity contribution is 5.81. The molecule has 0 aliphatic carbocycles. The largest absolute Gasteiger partial charge is 0.497 e. The van der Waals surface area contributed by atoms with Crippen LogP contribution in [0.2, 0.25) is 0 Å². The molecule has 0 fully saturated rings. The zero-order valence-electron chi connectivity index (χ0n) is 11.8. The average molecular weight is 263 g/mol. The van der Waals surface area contributed by atoms with Gasteiger partial charge in [-0.3, -0.25) is 4.90 Å². The highest BCUT2D eigenvalue weighted by atomic mass is 16.5. The first-order chi connectivity index (χ1) is 9.15. The number of carbonyl (C=O) groups excluding carboxylic acids is 1. The van der Waals surface area contributed by atoms with Gasteiger partial charge in [0.25, 0.3) is 0 Å². The Morgan fingerprint density at radius 1 is 1.32 bits per heavy atom. The summed E-state index contributed by atoms with van der Waals surface area (Å²) in [6.45, 7) is 3.72. The number of nitrogens with zero attached hydrogens (tertiary/aromatic N) is 1. The van der Waals surface area contributed by atoms with Crippen molar-refractivity contribution in [3.63, 3.8) is 0 Å². The van der Waals surface area contributed by atoms with E-state index in [1.165, 1.54) is 11.6 Å². The lowest BCUT2D eigenvalue weighted by molar-refractivity contribution is -0.137. The summed E-state index contributed by atoms with van der Waals surface area (Å²) in [4.78, 5) is 13.2. The predicted octanol–water partition coefficient (Wildman–Crippen LogP) is 2.25. The number of methoxy groups -OCH3 is 1. The third-order valence-electron chi connectivity index (χ3n) is 2.57. The standard InChI is InChI=1S/C15H21NO3/c1-4-19-15(17)6-5-11-16(2)12-13-7-9-14(18-3)10-8-13/h5-10H,4,11-12H2,1-3H3/b6-5+.